The lowest BCUT2D eigenvalue weighted by Gasteiger charge is -2.45. The standard InChI is InChI=1S/C7H15S2Si/c1-10(2,3)7-8-5-4-6-9-7/h4-6H2,1-3H3/q-1. The van der Waals surface area contributed by atoms with Gasteiger partial charge in [0.25, 0.3) is 0 Å². The zero-order valence-corrected chi connectivity index (χ0v) is 9.57. The molecular weight excluding hydrogens is 176 g/mol. The highest BCUT2D eigenvalue weighted by atomic mass is 32.2. The third kappa shape index (κ3) is 2.51. The van der Waals surface area contributed by atoms with E-state index in [1.54, 1.807) is 4.21 Å². The van der Waals surface area contributed by atoms with E-state index < -0.39 is 8.07 Å². The lowest BCUT2D eigenvalue weighted by atomic mass is 10.6. The highest BCUT2D eigenvalue weighted by Gasteiger charge is 2.14. The molecule has 0 spiro atoms. The van der Waals surface area contributed by atoms with Crippen molar-refractivity contribution in [2.45, 2.75) is 26.1 Å². The predicted octanol–water partition coefficient (Wildman–Crippen LogP) is 3.22. The molecule has 1 saturated heterocycles. The molecule has 0 unspecified atom stereocenters. The molecule has 0 nitrogen and oxygen atoms in total. The quantitative estimate of drug-likeness (QED) is 0.461. The van der Waals surface area contributed by atoms with E-state index in [0.29, 0.717) is 0 Å². The molecule has 1 aliphatic heterocycles. The summed E-state index contributed by atoms with van der Waals surface area (Å²) in [6.45, 7) is 7.31. The molecule has 60 valence electrons. The van der Waals surface area contributed by atoms with Gasteiger partial charge < -0.3 is 23.5 Å². The van der Waals surface area contributed by atoms with Crippen LogP contribution in [0.15, 0.2) is 0 Å². The Morgan fingerprint density at radius 3 is 1.90 bits per heavy atom. The van der Waals surface area contributed by atoms with Gasteiger partial charge in [0.2, 0.25) is 0 Å². The van der Waals surface area contributed by atoms with Crippen LogP contribution in [0, 0.1) is 4.21 Å². The summed E-state index contributed by atoms with van der Waals surface area (Å²) in [5, 5.41) is 0. The second-order valence-electron chi connectivity index (χ2n) is 3.59. The van der Waals surface area contributed by atoms with E-state index in [0.717, 1.165) is 0 Å². The van der Waals surface area contributed by atoms with Gasteiger partial charge in [0.05, 0.1) is 0 Å². The number of thioether (sulfide) groups is 2. The maximum Gasteiger partial charge on any atom is -0.0359 e. The zero-order valence-electron chi connectivity index (χ0n) is 6.94. The van der Waals surface area contributed by atoms with Gasteiger partial charge in [0, 0.05) is 0 Å². The molecule has 0 N–H and O–H groups in total. The van der Waals surface area contributed by atoms with Gasteiger partial charge in [0.1, 0.15) is 0 Å². The lowest BCUT2D eigenvalue weighted by Crippen LogP contribution is -2.28. The van der Waals surface area contributed by atoms with E-state index in [9.17, 15) is 0 Å². The van der Waals surface area contributed by atoms with Gasteiger partial charge in [-0.05, 0) is 17.9 Å². The third-order valence-electron chi connectivity index (χ3n) is 1.37. The second kappa shape index (κ2) is 3.54. The van der Waals surface area contributed by atoms with Crippen LogP contribution >= 0.6 is 23.5 Å². The van der Waals surface area contributed by atoms with Crippen LogP contribution in [-0.2, 0) is 0 Å². The van der Waals surface area contributed by atoms with Crippen LogP contribution < -0.4 is 0 Å². The molecule has 1 aliphatic rings. The monoisotopic (exact) mass is 191 g/mol. The molecule has 0 amide bonds. The Kier molecular flexibility index (Phi) is 3.19. The van der Waals surface area contributed by atoms with Gasteiger partial charge in [-0.3, -0.25) is 0 Å². The van der Waals surface area contributed by atoms with Gasteiger partial charge in [-0.1, -0.05) is 27.7 Å². The van der Waals surface area contributed by atoms with Crippen molar-refractivity contribution in [1.29, 1.82) is 0 Å². The summed E-state index contributed by atoms with van der Waals surface area (Å²) in [5.41, 5.74) is 0. The fourth-order valence-electron chi connectivity index (χ4n) is 0.863. The summed E-state index contributed by atoms with van der Waals surface area (Å²) < 4.78 is 1.76. The highest BCUT2D eigenvalue weighted by molar-refractivity contribution is 8.24. The Balaban J connectivity index is 2.39. The normalized spacial score (nSPS) is 23.1. The fourth-order valence-corrected chi connectivity index (χ4v) is 6.90. The SMILES string of the molecule is C[Si](C)(C)[C-]1SCCCS1. The first-order valence-electron chi connectivity index (χ1n) is 3.74. The van der Waals surface area contributed by atoms with Crippen molar-refractivity contribution >= 4 is 31.6 Å². The zero-order chi connectivity index (χ0) is 7.61. The molecule has 0 radical (unpaired) electrons. The maximum absolute atomic E-state index is 2.44. The van der Waals surface area contributed by atoms with Crippen LogP contribution in [0.4, 0.5) is 0 Å². The summed E-state index contributed by atoms with van der Waals surface area (Å²) in [6, 6.07) is 0. The average Bonchev–Trinajstić information content (AvgIpc) is 1.88. The second-order valence-corrected chi connectivity index (χ2v) is 11.8. The summed E-state index contributed by atoms with van der Waals surface area (Å²) in [5.74, 6) is 2.74. The molecule has 1 fully saturated rings. The van der Waals surface area contributed by atoms with Crippen LogP contribution in [0.2, 0.25) is 19.6 Å². The topological polar surface area (TPSA) is 0 Å². The largest absolute Gasteiger partial charge is 0.339 e. The Morgan fingerprint density at radius 1 is 1.10 bits per heavy atom. The van der Waals surface area contributed by atoms with Gasteiger partial charge in [0.15, 0.2) is 0 Å². The van der Waals surface area contributed by atoms with Crippen molar-refractivity contribution in [1.82, 2.24) is 0 Å². The first-order chi connectivity index (χ1) is 4.61. The Hall–Kier alpha value is 0.917. The molecule has 0 bridgehead atoms. The molecule has 1 rings (SSSR count). The van der Waals surface area contributed by atoms with Crippen LogP contribution in [-0.4, -0.2) is 19.6 Å². The molecule has 0 saturated carbocycles. The molecule has 0 aliphatic carbocycles. The molecule has 0 aromatic rings. The molecular formula is C7H15S2Si-. The highest BCUT2D eigenvalue weighted by Crippen LogP contribution is 2.43. The summed E-state index contributed by atoms with van der Waals surface area (Å²) in [6.07, 6.45) is 1.41. The molecule has 1 heterocycles. The number of hydrogen-bond donors (Lipinski definition) is 0. The van der Waals surface area contributed by atoms with E-state index in [1.165, 1.54) is 17.9 Å². The molecule has 3 heteroatoms. The molecule has 0 aromatic carbocycles. The van der Waals surface area contributed by atoms with Gasteiger partial charge in [-0.15, -0.1) is 0 Å². The van der Waals surface area contributed by atoms with E-state index in [2.05, 4.69) is 43.2 Å². The number of hydrogen-bond acceptors (Lipinski definition) is 2. The van der Waals surface area contributed by atoms with Crippen molar-refractivity contribution in [2.24, 2.45) is 0 Å². The summed E-state index contributed by atoms with van der Waals surface area (Å²) in [7, 11) is -0.914. The smallest absolute Gasteiger partial charge is 0.0359 e. The first kappa shape index (κ1) is 9.01. The minimum Gasteiger partial charge on any atom is -0.339 e. The van der Waals surface area contributed by atoms with E-state index >= 15 is 0 Å². The average molecular weight is 191 g/mol. The lowest BCUT2D eigenvalue weighted by molar-refractivity contribution is 1.12. The van der Waals surface area contributed by atoms with E-state index in [1.807, 2.05) is 0 Å². The number of rotatable bonds is 1. The fraction of sp³-hybridized carbons (Fsp3) is 0.857. The van der Waals surface area contributed by atoms with Crippen LogP contribution in [0.1, 0.15) is 6.42 Å². The molecule has 0 atom stereocenters. The van der Waals surface area contributed by atoms with Gasteiger partial charge in [-0.25, -0.2) is 4.21 Å². The van der Waals surface area contributed by atoms with E-state index in [-0.39, 0.29) is 0 Å². The Bertz CT molecular complexity index is 103. The molecule has 10 heavy (non-hydrogen) atoms. The molecule has 0 aromatic heterocycles. The summed E-state index contributed by atoms with van der Waals surface area (Å²) in [4.78, 5) is 0. The van der Waals surface area contributed by atoms with Crippen LogP contribution in [0.5, 0.6) is 0 Å². The van der Waals surface area contributed by atoms with Crippen molar-refractivity contribution in [3.63, 3.8) is 0 Å². The Labute approximate surface area is 73.6 Å². The van der Waals surface area contributed by atoms with E-state index in [4.69, 9.17) is 0 Å². The minimum atomic E-state index is -0.914. The van der Waals surface area contributed by atoms with Gasteiger partial charge >= 0.3 is 0 Å². The third-order valence-corrected chi connectivity index (χ3v) is 9.35. The van der Waals surface area contributed by atoms with Crippen molar-refractivity contribution in [3.05, 3.63) is 4.21 Å². The van der Waals surface area contributed by atoms with Crippen molar-refractivity contribution in [2.75, 3.05) is 11.5 Å². The van der Waals surface area contributed by atoms with Gasteiger partial charge in [-0.2, -0.15) is 0 Å². The van der Waals surface area contributed by atoms with Crippen LogP contribution in [0.3, 0.4) is 0 Å². The minimum absolute atomic E-state index is 0.914. The maximum atomic E-state index is 2.44. The Morgan fingerprint density at radius 2 is 1.60 bits per heavy atom. The van der Waals surface area contributed by atoms with Crippen molar-refractivity contribution < 1.29 is 0 Å². The van der Waals surface area contributed by atoms with Crippen molar-refractivity contribution in [3.8, 4) is 0 Å². The predicted molar refractivity (Wildman–Crippen MR) is 56.1 cm³/mol. The summed E-state index contributed by atoms with van der Waals surface area (Å²) >= 11 is 4.22. The van der Waals surface area contributed by atoms with Crippen LogP contribution in [0.25, 0.3) is 0 Å². The first-order valence-corrected chi connectivity index (χ1v) is 9.21.